The van der Waals surface area contributed by atoms with E-state index in [-0.39, 0.29) is 17.7 Å². The number of para-hydroxylation sites is 1. The molecule has 2 heteroatoms. The predicted molar refractivity (Wildman–Crippen MR) is 122 cm³/mol. The molecule has 146 valence electrons. The molecule has 0 bridgehead atoms. The fourth-order valence-electron chi connectivity index (χ4n) is 4.46. The summed E-state index contributed by atoms with van der Waals surface area (Å²) in [7, 11) is 0. The quantitative estimate of drug-likeness (QED) is 0.398. The number of benzene rings is 4. The molecule has 0 aromatic heterocycles. The van der Waals surface area contributed by atoms with Crippen LogP contribution in [-0.4, -0.2) is 5.78 Å². The summed E-state index contributed by atoms with van der Waals surface area (Å²) in [5.74, 6) is 0.289. The predicted octanol–water partition coefficient (Wildman–Crippen LogP) is 6.61. The standard InChI is InChI=1S/C28H23NO/c30-28(22-15-8-3-9-16-22)24-18-10-17-23-25(20-11-4-1-5-12-20)19-26(29-27(23)24)21-13-6-2-7-14-21/h1-18,25-26,29H,19H2. The summed E-state index contributed by atoms with van der Waals surface area (Å²) in [4.78, 5) is 13.4. The Morgan fingerprint density at radius 1 is 0.667 bits per heavy atom. The number of carbonyl (C=O) groups excluding carboxylic acids is 1. The molecule has 0 aliphatic carbocycles. The average Bonchev–Trinajstić information content (AvgIpc) is 2.84. The van der Waals surface area contributed by atoms with Gasteiger partial charge in [-0.1, -0.05) is 103 Å². The molecule has 0 saturated carbocycles. The van der Waals surface area contributed by atoms with Crippen LogP contribution in [0.2, 0.25) is 0 Å². The summed E-state index contributed by atoms with van der Waals surface area (Å²) in [6.07, 6.45) is 0.948. The van der Waals surface area contributed by atoms with Gasteiger partial charge in [0.05, 0.1) is 6.04 Å². The van der Waals surface area contributed by atoms with Gasteiger partial charge in [-0.2, -0.15) is 0 Å². The molecule has 1 heterocycles. The third-order valence-electron chi connectivity index (χ3n) is 5.95. The van der Waals surface area contributed by atoms with Crippen molar-refractivity contribution in [3.8, 4) is 0 Å². The molecule has 1 aliphatic rings. The Bertz CT molecular complexity index is 1150. The van der Waals surface area contributed by atoms with E-state index in [1.807, 2.05) is 48.5 Å². The molecule has 1 aliphatic heterocycles. The largest absolute Gasteiger partial charge is 0.377 e. The monoisotopic (exact) mass is 389 g/mol. The van der Waals surface area contributed by atoms with Crippen LogP contribution in [0.1, 0.15) is 51.0 Å². The van der Waals surface area contributed by atoms with Gasteiger partial charge in [-0.05, 0) is 29.2 Å². The molecule has 0 amide bonds. The summed E-state index contributed by atoms with van der Waals surface area (Å²) in [6.45, 7) is 0. The van der Waals surface area contributed by atoms with Crippen molar-refractivity contribution in [1.82, 2.24) is 0 Å². The molecule has 2 atom stereocenters. The first-order chi connectivity index (χ1) is 14.8. The molecule has 0 saturated heterocycles. The number of fused-ring (bicyclic) bond motifs is 1. The lowest BCUT2D eigenvalue weighted by atomic mass is 9.79. The molecule has 4 aromatic carbocycles. The SMILES string of the molecule is O=C(c1ccccc1)c1cccc2c1NC(c1ccccc1)CC2c1ccccc1. The topological polar surface area (TPSA) is 29.1 Å². The van der Waals surface area contributed by atoms with Crippen molar-refractivity contribution in [2.75, 3.05) is 5.32 Å². The first kappa shape index (κ1) is 18.4. The van der Waals surface area contributed by atoms with Crippen molar-refractivity contribution in [1.29, 1.82) is 0 Å². The molecule has 1 N–H and O–H groups in total. The van der Waals surface area contributed by atoms with Crippen molar-refractivity contribution < 1.29 is 4.79 Å². The van der Waals surface area contributed by atoms with Crippen LogP contribution in [-0.2, 0) is 0 Å². The molecule has 0 fully saturated rings. The minimum Gasteiger partial charge on any atom is -0.377 e. The van der Waals surface area contributed by atoms with Crippen molar-refractivity contribution in [2.24, 2.45) is 0 Å². The van der Waals surface area contributed by atoms with E-state index in [0.717, 1.165) is 17.7 Å². The van der Waals surface area contributed by atoms with Crippen LogP contribution in [0.25, 0.3) is 0 Å². The van der Waals surface area contributed by atoms with E-state index in [1.54, 1.807) is 0 Å². The zero-order valence-electron chi connectivity index (χ0n) is 16.7. The maximum Gasteiger partial charge on any atom is 0.195 e. The van der Waals surface area contributed by atoms with Gasteiger partial charge in [0, 0.05) is 22.7 Å². The molecule has 5 rings (SSSR count). The Kier molecular flexibility index (Phi) is 4.90. The molecule has 0 spiro atoms. The number of hydrogen-bond donors (Lipinski definition) is 1. The van der Waals surface area contributed by atoms with Crippen LogP contribution < -0.4 is 5.32 Å². The Morgan fingerprint density at radius 3 is 1.93 bits per heavy atom. The average molecular weight is 389 g/mol. The third-order valence-corrected chi connectivity index (χ3v) is 5.95. The maximum atomic E-state index is 13.4. The normalized spacial score (nSPS) is 17.6. The Labute approximate surface area is 177 Å². The minimum atomic E-state index is 0.0560. The van der Waals surface area contributed by atoms with E-state index in [0.29, 0.717) is 5.56 Å². The molecule has 30 heavy (non-hydrogen) atoms. The van der Waals surface area contributed by atoms with Gasteiger partial charge in [0.25, 0.3) is 0 Å². The summed E-state index contributed by atoms with van der Waals surface area (Å²) < 4.78 is 0. The van der Waals surface area contributed by atoms with Crippen LogP contribution in [0.15, 0.2) is 109 Å². The highest BCUT2D eigenvalue weighted by molar-refractivity contribution is 6.12. The van der Waals surface area contributed by atoms with E-state index in [2.05, 4.69) is 66.0 Å². The number of nitrogens with one attached hydrogen (secondary N) is 1. The van der Waals surface area contributed by atoms with Gasteiger partial charge in [-0.25, -0.2) is 0 Å². The van der Waals surface area contributed by atoms with E-state index in [9.17, 15) is 4.79 Å². The van der Waals surface area contributed by atoms with E-state index in [1.165, 1.54) is 16.7 Å². The van der Waals surface area contributed by atoms with Crippen molar-refractivity contribution >= 4 is 11.5 Å². The van der Waals surface area contributed by atoms with Crippen LogP contribution in [0, 0.1) is 0 Å². The van der Waals surface area contributed by atoms with Crippen molar-refractivity contribution in [3.05, 3.63) is 137 Å². The minimum absolute atomic E-state index is 0.0560. The lowest BCUT2D eigenvalue weighted by Crippen LogP contribution is -2.24. The number of ketones is 1. The van der Waals surface area contributed by atoms with E-state index in [4.69, 9.17) is 0 Å². The van der Waals surface area contributed by atoms with E-state index < -0.39 is 0 Å². The first-order valence-corrected chi connectivity index (χ1v) is 10.4. The Morgan fingerprint density at radius 2 is 1.27 bits per heavy atom. The highest BCUT2D eigenvalue weighted by Gasteiger charge is 2.31. The summed E-state index contributed by atoms with van der Waals surface area (Å²) in [5.41, 5.74) is 6.12. The van der Waals surface area contributed by atoms with Gasteiger partial charge >= 0.3 is 0 Å². The maximum absolute atomic E-state index is 13.4. The Hall–Kier alpha value is -3.65. The third kappa shape index (κ3) is 3.42. The second-order valence-electron chi connectivity index (χ2n) is 7.77. The highest BCUT2D eigenvalue weighted by atomic mass is 16.1. The van der Waals surface area contributed by atoms with Crippen LogP contribution >= 0.6 is 0 Å². The fraction of sp³-hybridized carbons (Fsp3) is 0.107. The molecular weight excluding hydrogens is 366 g/mol. The van der Waals surface area contributed by atoms with Gasteiger partial charge in [-0.3, -0.25) is 4.79 Å². The smallest absolute Gasteiger partial charge is 0.195 e. The Balaban J connectivity index is 1.64. The lowest BCUT2D eigenvalue weighted by molar-refractivity contribution is 0.103. The van der Waals surface area contributed by atoms with Gasteiger partial charge in [-0.15, -0.1) is 0 Å². The van der Waals surface area contributed by atoms with E-state index >= 15 is 0 Å². The number of carbonyl (C=O) groups is 1. The summed E-state index contributed by atoms with van der Waals surface area (Å²) in [5, 5.41) is 3.71. The fourth-order valence-corrected chi connectivity index (χ4v) is 4.46. The van der Waals surface area contributed by atoms with Gasteiger partial charge in [0.15, 0.2) is 5.78 Å². The van der Waals surface area contributed by atoms with Gasteiger partial charge in [0.2, 0.25) is 0 Å². The molecule has 2 nitrogen and oxygen atoms in total. The van der Waals surface area contributed by atoms with Crippen LogP contribution in [0.4, 0.5) is 5.69 Å². The zero-order chi connectivity index (χ0) is 20.3. The first-order valence-electron chi connectivity index (χ1n) is 10.4. The number of hydrogen-bond acceptors (Lipinski definition) is 2. The number of rotatable bonds is 4. The molecule has 0 radical (unpaired) electrons. The van der Waals surface area contributed by atoms with Gasteiger partial charge in [0.1, 0.15) is 0 Å². The zero-order valence-corrected chi connectivity index (χ0v) is 16.7. The molecule has 2 unspecified atom stereocenters. The summed E-state index contributed by atoms with van der Waals surface area (Å²) in [6, 6.07) is 36.9. The highest BCUT2D eigenvalue weighted by Crippen LogP contribution is 2.45. The summed E-state index contributed by atoms with van der Waals surface area (Å²) >= 11 is 0. The molecular formula is C28H23NO. The molecule has 4 aromatic rings. The second-order valence-corrected chi connectivity index (χ2v) is 7.77. The van der Waals surface area contributed by atoms with Crippen molar-refractivity contribution in [2.45, 2.75) is 18.4 Å². The second kappa shape index (κ2) is 8.00. The van der Waals surface area contributed by atoms with Crippen LogP contribution in [0.3, 0.4) is 0 Å². The van der Waals surface area contributed by atoms with Crippen molar-refractivity contribution in [3.63, 3.8) is 0 Å². The van der Waals surface area contributed by atoms with Crippen LogP contribution in [0.5, 0.6) is 0 Å². The number of anilines is 1. The lowest BCUT2D eigenvalue weighted by Gasteiger charge is -2.35. The van der Waals surface area contributed by atoms with Gasteiger partial charge < -0.3 is 5.32 Å².